The summed E-state index contributed by atoms with van der Waals surface area (Å²) in [4.78, 5) is 11.0. The molecule has 0 radical (unpaired) electrons. The second kappa shape index (κ2) is 4.61. The van der Waals surface area contributed by atoms with Gasteiger partial charge in [-0.2, -0.15) is 0 Å². The number of nitrogens with two attached hydrogens (primary N) is 1. The lowest BCUT2D eigenvalue weighted by Crippen LogP contribution is -2.28. The van der Waals surface area contributed by atoms with Crippen molar-refractivity contribution >= 4 is 27.6 Å². The van der Waals surface area contributed by atoms with Gasteiger partial charge in [0, 0.05) is 6.54 Å². The van der Waals surface area contributed by atoms with E-state index in [-0.39, 0.29) is 0 Å². The summed E-state index contributed by atoms with van der Waals surface area (Å²) in [6.45, 7) is 0.442. The van der Waals surface area contributed by atoms with Gasteiger partial charge in [0.25, 0.3) is 0 Å². The van der Waals surface area contributed by atoms with Crippen LogP contribution in [0.15, 0.2) is 54.6 Å². The summed E-state index contributed by atoms with van der Waals surface area (Å²) in [6, 6.07) is 18.0. The highest BCUT2D eigenvalue weighted by atomic mass is 16.2. The largest absolute Gasteiger partial charge is 0.352 e. The van der Waals surface area contributed by atoms with Crippen LogP contribution in [-0.2, 0) is 6.54 Å². The Bertz CT molecular complexity index is 711. The molecule has 0 aromatic heterocycles. The molecule has 3 aromatic carbocycles. The lowest BCUT2D eigenvalue weighted by atomic mass is 9.97. The first kappa shape index (κ1) is 11.5. The Kier molecular flexibility index (Phi) is 2.80. The minimum atomic E-state index is -0.503. The summed E-state index contributed by atoms with van der Waals surface area (Å²) < 4.78 is 0. The molecule has 0 spiro atoms. The van der Waals surface area contributed by atoms with Crippen molar-refractivity contribution in [3.63, 3.8) is 0 Å². The Morgan fingerprint density at radius 2 is 1.47 bits per heavy atom. The third kappa shape index (κ3) is 2.10. The third-order valence-electron chi connectivity index (χ3n) is 3.32. The molecular formula is C16H14N2O. The molecule has 3 heteroatoms. The zero-order chi connectivity index (χ0) is 13.2. The standard InChI is InChI=1S/C16H14N2O/c17-16(19)18-10-15-13-7-3-1-5-11(13)9-12-6-2-4-8-14(12)15/h1-9H,10H2,(H3,17,18,19). The number of nitrogens with one attached hydrogen (secondary N) is 1. The highest BCUT2D eigenvalue weighted by molar-refractivity contribution is 6.02. The second-order valence-electron chi connectivity index (χ2n) is 4.52. The van der Waals surface area contributed by atoms with Gasteiger partial charge in [0.05, 0.1) is 0 Å². The number of carbonyl (C=O) groups is 1. The molecule has 0 atom stereocenters. The molecule has 0 aliphatic carbocycles. The van der Waals surface area contributed by atoms with Crippen molar-refractivity contribution in [2.45, 2.75) is 6.54 Å². The van der Waals surface area contributed by atoms with Crippen molar-refractivity contribution in [2.24, 2.45) is 5.73 Å². The number of carbonyl (C=O) groups excluding carboxylic acids is 1. The summed E-state index contributed by atoms with van der Waals surface area (Å²) in [5.74, 6) is 0. The maximum absolute atomic E-state index is 11.0. The summed E-state index contributed by atoms with van der Waals surface area (Å²) >= 11 is 0. The molecule has 0 saturated heterocycles. The van der Waals surface area contributed by atoms with Gasteiger partial charge in [0.1, 0.15) is 0 Å². The van der Waals surface area contributed by atoms with E-state index in [1.807, 2.05) is 24.3 Å². The number of amides is 2. The number of rotatable bonds is 2. The quantitative estimate of drug-likeness (QED) is 0.674. The minimum Gasteiger partial charge on any atom is -0.352 e. The van der Waals surface area contributed by atoms with E-state index in [0.29, 0.717) is 6.54 Å². The van der Waals surface area contributed by atoms with E-state index in [1.165, 1.54) is 10.8 Å². The molecule has 0 unspecified atom stereocenters. The summed E-state index contributed by atoms with van der Waals surface area (Å²) in [6.07, 6.45) is 0. The highest BCUT2D eigenvalue weighted by Gasteiger charge is 2.07. The van der Waals surface area contributed by atoms with Gasteiger partial charge in [-0.05, 0) is 33.2 Å². The van der Waals surface area contributed by atoms with Gasteiger partial charge >= 0.3 is 6.03 Å². The van der Waals surface area contributed by atoms with Gasteiger partial charge in [-0.3, -0.25) is 0 Å². The van der Waals surface area contributed by atoms with Crippen LogP contribution in [0.5, 0.6) is 0 Å². The molecular weight excluding hydrogens is 236 g/mol. The number of primary amides is 1. The Morgan fingerprint density at radius 1 is 0.947 bits per heavy atom. The third-order valence-corrected chi connectivity index (χ3v) is 3.32. The lowest BCUT2D eigenvalue weighted by Gasteiger charge is -2.11. The average molecular weight is 250 g/mol. The normalized spacial score (nSPS) is 10.7. The fourth-order valence-corrected chi connectivity index (χ4v) is 2.47. The van der Waals surface area contributed by atoms with Crippen molar-refractivity contribution in [1.29, 1.82) is 0 Å². The highest BCUT2D eigenvalue weighted by Crippen LogP contribution is 2.28. The molecule has 0 aliphatic heterocycles. The maximum atomic E-state index is 11.0. The Labute approximate surface area is 111 Å². The smallest absolute Gasteiger partial charge is 0.312 e. The van der Waals surface area contributed by atoms with Crippen molar-refractivity contribution < 1.29 is 4.79 Å². The van der Waals surface area contributed by atoms with Gasteiger partial charge < -0.3 is 11.1 Å². The molecule has 2 amide bonds. The van der Waals surface area contributed by atoms with E-state index < -0.39 is 6.03 Å². The van der Waals surface area contributed by atoms with Crippen LogP contribution in [0.2, 0.25) is 0 Å². The maximum Gasteiger partial charge on any atom is 0.312 e. The monoisotopic (exact) mass is 250 g/mol. The molecule has 0 aliphatic rings. The predicted molar refractivity (Wildman–Crippen MR) is 77.9 cm³/mol. The van der Waals surface area contributed by atoms with Crippen LogP contribution in [-0.4, -0.2) is 6.03 Å². The first-order valence-corrected chi connectivity index (χ1v) is 6.18. The van der Waals surface area contributed by atoms with Crippen molar-refractivity contribution in [2.75, 3.05) is 0 Å². The molecule has 3 aromatic rings. The Hall–Kier alpha value is -2.55. The van der Waals surface area contributed by atoms with Crippen molar-refractivity contribution in [3.05, 3.63) is 60.2 Å². The predicted octanol–water partition coefficient (Wildman–Crippen LogP) is 3.16. The van der Waals surface area contributed by atoms with Gasteiger partial charge in [-0.15, -0.1) is 0 Å². The number of hydrogen-bond acceptors (Lipinski definition) is 1. The molecule has 3 N–H and O–H groups in total. The number of benzene rings is 3. The van der Waals surface area contributed by atoms with Crippen LogP contribution in [0.4, 0.5) is 4.79 Å². The number of urea groups is 1. The zero-order valence-corrected chi connectivity index (χ0v) is 10.4. The summed E-state index contributed by atoms with van der Waals surface area (Å²) in [5.41, 5.74) is 6.28. The van der Waals surface area contributed by atoms with Gasteiger partial charge in [0.15, 0.2) is 0 Å². The molecule has 3 rings (SSSR count). The van der Waals surface area contributed by atoms with Crippen LogP contribution in [0.1, 0.15) is 5.56 Å². The fourth-order valence-electron chi connectivity index (χ4n) is 2.47. The molecule has 0 saturated carbocycles. The zero-order valence-electron chi connectivity index (χ0n) is 10.4. The number of fused-ring (bicyclic) bond motifs is 2. The van der Waals surface area contributed by atoms with E-state index in [2.05, 4.69) is 35.6 Å². The van der Waals surface area contributed by atoms with E-state index in [4.69, 9.17) is 5.73 Å². The molecule has 94 valence electrons. The van der Waals surface area contributed by atoms with Gasteiger partial charge in [0.2, 0.25) is 0 Å². The molecule has 3 nitrogen and oxygen atoms in total. The summed E-state index contributed by atoms with van der Waals surface area (Å²) in [7, 11) is 0. The first-order valence-electron chi connectivity index (χ1n) is 6.18. The first-order chi connectivity index (χ1) is 9.25. The van der Waals surface area contributed by atoms with Gasteiger partial charge in [-0.1, -0.05) is 48.5 Å². The Balaban J connectivity index is 2.29. The van der Waals surface area contributed by atoms with Crippen LogP contribution in [0.3, 0.4) is 0 Å². The lowest BCUT2D eigenvalue weighted by molar-refractivity contribution is 0.248. The SMILES string of the molecule is NC(=O)NCc1c2ccccc2cc2ccccc12. The van der Waals surface area contributed by atoms with E-state index in [0.717, 1.165) is 16.3 Å². The van der Waals surface area contributed by atoms with Crippen molar-refractivity contribution in [1.82, 2.24) is 5.32 Å². The molecule has 19 heavy (non-hydrogen) atoms. The molecule has 0 fully saturated rings. The van der Waals surface area contributed by atoms with Crippen LogP contribution in [0, 0.1) is 0 Å². The van der Waals surface area contributed by atoms with Gasteiger partial charge in [-0.25, -0.2) is 4.79 Å². The van der Waals surface area contributed by atoms with Crippen LogP contribution >= 0.6 is 0 Å². The van der Waals surface area contributed by atoms with E-state index in [9.17, 15) is 4.79 Å². The average Bonchev–Trinajstić information content (AvgIpc) is 2.43. The Morgan fingerprint density at radius 3 is 2.00 bits per heavy atom. The van der Waals surface area contributed by atoms with E-state index >= 15 is 0 Å². The second-order valence-corrected chi connectivity index (χ2v) is 4.52. The minimum absolute atomic E-state index is 0.442. The fraction of sp³-hybridized carbons (Fsp3) is 0.0625. The van der Waals surface area contributed by atoms with E-state index in [1.54, 1.807) is 0 Å². The summed E-state index contributed by atoms with van der Waals surface area (Å²) in [5, 5.41) is 7.32. The van der Waals surface area contributed by atoms with Crippen molar-refractivity contribution in [3.8, 4) is 0 Å². The van der Waals surface area contributed by atoms with Crippen LogP contribution < -0.4 is 11.1 Å². The number of hydrogen-bond donors (Lipinski definition) is 2. The van der Waals surface area contributed by atoms with Crippen LogP contribution in [0.25, 0.3) is 21.5 Å². The molecule has 0 bridgehead atoms. The molecule has 0 heterocycles. The topological polar surface area (TPSA) is 55.1 Å².